The smallest absolute Gasteiger partial charge is 0.171 e. The molecule has 2 rings (SSSR count). The van der Waals surface area contributed by atoms with Crippen molar-refractivity contribution in [3.05, 3.63) is 59.1 Å². The fourth-order valence-corrected chi connectivity index (χ4v) is 2.12. The lowest BCUT2D eigenvalue weighted by Crippen LogP contribution is -2.28. The van der Waals surface area contributed by atoms with Gasteiger partial charge in [-0.25, -0.2) is 0 Å². The van der Waals surface area contributed by atoms with Gasteiger partial charge in [-0.2, -0.15) is 0 Å². The minimum absolute atomic E-state index is 0.518. The fraction of sp³-hybridized carbons (Fsp3) is 0.133. The van der Waals surface area contributed by atoms with Gasteiger partial charge in [-0.15, -0.1) is 0 Å². The number of rotatable bonds is 4. The number of halogens is 1. The molecular weight excluding hydrogens is 292 g/mol. The SMILES string of the molecule is COc1ccccc1CNC(=S)Nc1ccccc1Cl. The lowest BCUT2D eigenvalue weighted by Gasteiger charge is -2.13. The van der Waals surface area contributed by atoms with E-state index in [1.807, 2.05) is 48.5 Å². The van der Waals surface area contributed by atoms with Gasteiger partial charge >= 0.3 is 0 Å². The molecule has 0 aliphatic carbocycles. The highest BCUT2D eigenvalue weighted by molar-refractivity contribution is 7.80. The monoisotopic (exact) mass is 306 g/mol. The first kappa shape index (κ1) is 14.6. The van der Waals surface area contributed by atoms with Crippen LogP contribution in [0.5, 0.6) is 5.75 Å². The first-order valence-corrected chi connectivity index (χ1v) is 6.90. The van der Waals surface area contributed by atoms with E-state index < -0.39 is 0 Å². The van der Waals surface area contributed by atoms with E-state index >= 15 is 0 Å². The highest BCUT2D eigenvalue weighted by Crippen LogP contribution is 2.20. The average Bonchev–Trinajstić information content (AvgIpc) is 2.48. The van der Waals surface area contributed by atoms with Gasteiger partial charge in [0.25, 0.3) is 0 Å². The summed E-state index contributed by atoms with van der Waals surface area (Å²) < 4.78 is 5.29. The number of para-hydroxylation sites is 2. The summed E-state index contributed by atoms with van der Waals surface area (Å²) in [6.07, 6.45) is 0. The lowest BCUT2D eigenvalue weighted by atomic mass is 10.2. The standard InChI is InChI=1S/C15H15ClN2OS/c1-19-14-9-5-2-6-11(14)10-17-15(20)18-13-8-4-3-7-12(13)16/h2-9H,10H2,1H3,(H2,17,18,20). The quantitative estimate of drug-likeness (QED) is 0.841. The molecule has 0 spiro atoms. The molecule has 0 amide bonds. The van der Waals surface area contributed by atoms with E-state index in [1.54, 1.807) is 7.11 Å². The van der Waals surface area contributed by atoms with E-state index in [9.17, 15) is 0 Å². The molecule has 104 valence electrons. The predicted molar refractivity (Wildman–Crippen MR) is 87.5 cm³/mol. The Morgan fingerprint density at radius 3 is 2.60 bits per heavy atom. The molecule has 0 aliphatic rings. The van der Waals surface area contributed by atoms with E-state index in [0.717, 1.165) is 17.0 Å². The zero-order valence-corrected chi connectivity index (χ0v) is 12.6. The number of ether oxygens (including phenoxy) is 1. The van der Waals surface area contributed by atoms with Crippen molar-refractivity contribution in [1.29, 1.82) is 0 Å². The molecule has 0 atom stereocenters. The van der Waals surface area contributed by atoms with Crippen molar-refractivity contribution < 1.29 is 4.74 Å². The second-order valence-corrected chi connectivity index (χ2v) is 4.91. The molecular formula is C15H15ClN2OS. The molecule has 5 heteroatoms. The molecule has 0 saturated carbocycles. The average molecular weight is 307 g/mol. The predicted octanol–water partition coefficient (Wildman–Crippen LogP) is 3.84. The molecule has 0 aliphatic heterocycles. The van der Waals surface area contributed by atoms with Gasteiger partial charge in [0, 0.05) is 12.1 Å². The van der Waals surface area contributed by atoms with Crippen LogP contribution in [-0.2, 0) is 6.54 Å². The van der Waals surface area contributed by atoms with Gasteiger partial charge in [0.2, 0.25) is 0 Å². The summed E-state index contributed by atoms with van der Waals surface area (Å²) in [4.78, 5) is 0. The molecule has 0 radical (unpaired) electrons. The number of anilines is 1. The molecule has 0 unspecified atom stereocenters. The zero-order chi connectivity index (χ0) is 14.4. The Balaban J connectivity index is 1.94. The Hall–Kier alpha value is -1.78. The normalized spacial score (nSPS) is 9.90. The Morgan fingerprint density at radius 2 is 1.85 bits per heavy atom. The maximum Gasteiger partial charge on any atom is 0.171 e. The molecule has 3 nitrogen and oxygen atoms in total. The lowest BCUT2D eigenvalue weighted by molar-refractivity contribution is 0.409. The Bertz CT molecular complexity index is 604. The Kier molecular flexibility index (Phi) is 5.21. The molecule has 20 heavy (non-hydrogen) atoms. The van der Waals surface area contributed by atoms with Gasteiger partial charge < -0.3 is 15.4 Å². The van der Waals surface area contributed by atoms with E-state index in [0.29, 0.717) is 16.7 Å². The summed E-state index contributed by atoms with van der Waals surface area (Å²) in [7, 11) is 1.65. The minimum Gasteiger partial charge on any atom is -0.496 e. The summed E-state index contributed by atoms with van der Waals surface area (Å²) in [6.45, 7) is 0.584. The van der Waals surface area contributed by atoms with E-state index in [2.05, 4.69) is 10.6 Å². The maximum absolute atomic E-state index is 6.06. The van der Waals surface area contributed by atoms with Gasteiger partial charge in [0.05, 0.1) is 17.8 Å². The van der Waals surface area contributed by atoms with E-state index in [-0.39, 0.29) is 0 Å². The molecule has 2 aromatic rings. The fourth-order valence-electron chi connectivity index (χ4n) is 1.75. The first-order chi connectivity index (χ1) is 9.70. The van der Waals surface area contributed by atoms with Gasteiger partial charge in [-0.1, -0.05) is 41.9 Å². The van der Waals surface area contributed by atoms with Crippen LogP contribution in [0.2, 0.25) is 5.02 Å². The molecule has 0 fully saturated rings. The first-order valence-electron chi connectivity index (χ1n) is 6.12. The van der Waals surface area contributed by atoms with Gasteiger partial charge in [0.1, 0.15) is 5.75 Å². The molecule has 2 aromatic carbocycles. The van der Waals surface area contributed by atoms with Crippen LogP contribution in [-0.4, -0.2) is 12.2 Å². The molecule has 0 saturated heterocycles. The van der Waals surface area contributed by atoms with Gasteiger partial charge in [-0.3, -0.25) is 0 Å². The Morgan fingerprint density at radius 1 is 1.15 bits per heavy atom. The van der Waals surface area contributed by atoms with Crippen LogP contribution in [0.15, 0.2) is 48.5 Å². The maximum atomic E-state index is 6.06. The molecule has 0 heterocycles. The third-order valence-electron chi connectivity index (χ3n) is 2.75. The second-order valence-electron chi connectivity index (χ2n) is 4.10. The number of hydrogen-bond donors (Lipinski definition) is 2. The van der Waals surface area contributed by atoms with Crippen LogP contribution in [0.1, 0.15) is 5.56 Å². The van der Waals surface area contributed by atoms with Crippen LogP contribution < -0.4 is 15.4 Å². The molecule has 0 bridgehead atoms. The number of hydrogen-bond acceptors (Lipinski definition) is 2. The van der Waals surface area contributed by atoms with Crippen molar-refractivity contribution in [2.75, 3.05) is 12.4 Å². The number of thiocarbonyl (C=S) groups is 1. The number of nitrogens with one attached hydrogen (secondary N) is 2. The summed E-state index contributed by atoms with van der Waals surface area (Å²) >= 11 is 11.3. The van der Waals surface area contributed by atoms with E-state index in [4.69, 9.17) is 28.6 Å². The Labute approximate surface area is 128 Å². The summed E-state index contributed by atoms with van der Waals surface area (Å²) in [5.41, 5.74) is 1.82. The highest BCUT2D eigenvalue weighted by atomic mass is 35.5. The van der Waals surface area contributed by atoms with Crippen LogP contribution in [0.3, 0.4) is 0 Å². The second kappa shape index (κ2) is 7.12. The summed E-state index contributed by atoms with van der Waals surface area (Å²) in [6, 6.07) is 15.3. The van der Waals surface area contributed by atoms with Crippen LogP contribution in [0.4, 0.5) is 5.69 Å². The summed E-state index contributed by atoms with van der Waals surface area (Å²) in [5, 5.41) is 7.35. The van der Waals surface area contributed by atoms with Gasteiger partial charge in [-0.05, 0) is 30.4 Å². The van der Waals surface area contributed by atoms with Crippen molar-refractivity contribution in [3.8, 4) is 5.75 Å². The molecule has 2 N–H and O–H groups in total. The third kappa shape index (κ3) is 3.85. The molecule has 0 aromatic heterocycles. The number of benzene rings is 2. The topological polar surface area (TPSA) is 33.3 Å². The highest BCUT2D eigenvalue weighted by Gasteiger charge is 2.04. The summed E-state index contributed by atoms with van der Waals surface area (Å²) in [5.74, 6) is 0.834. The van der Waals surface area contributed by atoms with Crippen molar-refractivity contribution in [2.45, 2.75) is 6.54 Å². The van der Waals surface area contributed by atoms with Crippen molar-refractivity contribution >= 4 is 34.6 Å². The third-order valence-corrected chi connectivity index (χ3v) is 3.33. The van der Waals surface area contributed by atoms with Crippen molar-refractivity contribution in [1.82, 2.24) is 5.32 Å². The number of methoxy groups -OCH3 is 1. The zero-order valence-electron chi connectivity index (χ0n) is 11.0. The largest absolute Gasteiger partial charge is 0.496 e. The van der Waals surface area contributed by atoms with Crippen LogP contribution >= 0.6 is 23.8 Å². The van der Waals surface area contributed by atoms with Gasteiger partial charge in [0.15, 0.2) is 5.11 Å². The van der Waals surface area contributed by atoms with Crippen LogP contribution in [0, 0.1) is 0 Å². The van der Waals surface area contributed by atoms with Crippen molar-refractivity contribution in [3.63, 3.8) is 0 Å². The van der Waals surface area contributed by atoms with Crippen LogP contribution in [0.25, 0.3) is 0 Å². The van der Waals surface area contributed by atoms with E-state index in [1.165, 1.54) is 0 Å². The minimum atomic E-state index is 0.518. The van der Waals surface area contributed by atoms with Crippen molar-refractivity contribution in [2.24, 2.45) is 0 Å².